The number of aliphatic carboxylic acids is 1. The molecule has 0 aliphatic carbocycles. The molecular formula is C21H26FN3O4. The van der Waals surface area contributed by atoms with Crippen molar-refractivity contribution in [1.82, 2.24) is 14.7 Å². The first-order chi connectivity index (χ1) is 13.7. The van der Waals surface area contributed by atoms with E-state index in [0.717, 1.165) is 11.4 Å². The Bertz CT molecular complexity index is 896. The van der Waals surface area contributed by atoms with Gasteiger partial charge in [0, 0.05) is 31.7 Å². The molecule has 156 valence electrons. The van der Waals surface area contributed by atoms with E-state index in [9.17, 15) is 24.2 Å². The van der Waals surface area contributed by atoms with Crippen molar-refractivity contribution in [3.8, 4) is 0 Å². The molecule has 1 aromatic carbocycles. The van der Waals surface area contributed by atoms with Crippen molar-refractivity contribution in [1.29, 1.82) is 0 Å². The number of halogens is 1. The fraction of sp³-hybridized carbons (Fsp3) is 0.476. The second kappa shape index (κ2) is 8.32. The Hall–Kier alpha value is -2.74. The van der Waals surface area contributed by atoms with E-state index in [1.165, 1.54) is 29.2 Å². The van der Waals surface area contributed by atoms with Crippen molar-refractivity contribution in [3.05, 3.63) is 53.1 Å². The zero-order valence-electron chi connectivity index (χ0n) is 16.6. The molecule has 2 N–H and O–H groups in total. The van der Waals surface area contributed by atoms with Crippen LogP contribution in [-0.4, -0.2) is 56.0 Å². The molecule has 7 nitrogen and oxygen atoms in total. The minimum absolute atomic E-state index is 0.0189. The van der Waals surface area contributed by atoms with E-state index < -0.39 is 23.3 Å². The lowest BCUT2D eigenvalue weighted by atomic mass is 9.72. The molecule has 1 saturated heterocycles. The Morgan fingerprint density at radius 1 is 1.28 bits per heavy atom. The van der Waals surface area contributed by atoms with Crippen molar-refractivity contribution < 1.29 is 24.2 Å². The van der Waals surface area contributed by atoms with E-state index in [4.69, 9.17) is 0 Å². The average molecular weight is 403 g/mol. The van der Waals surface area contributed by atoms with Crippen LogP contribution in [0.25, 0.3) is 0 Å². The number of rotatable bonds is 6. The number of nitrogens with zero attached hydrogens (tertiary/aromatic N) is 3. The molecule has 0 unspecified atom stereocenters. The number of carboxylic acids is 1. The third kappa shape index (κ3) is 4.48. The van der Waals surface area contributed by atoms with Crippen LogP contribution in [0.2, 0.25) is 0 Å². The number of carbonyl (C=O) groups is 2. The molecule has 1 aliphatic rings. The molecule has 0 bridgehead atoms. The number of aryl methyl sites for hydroxylation is 3. The summed E-state index contributed by atoms with van der Waals surface area (Å²) in [6.45, 7) is 4.43. The Balaban J connectivity index is 1.74. The van der Waals surface area contributed by atoms with E-state index in [1.54, 1.807) is 4.68 Å². The number of likely N-dealkylation sites (tertiary alicyclic amines) is 1. The molecule has 29 heavy (non-hydrogen) atoms. The second-order valence-corrected chi connectivity index (χ2v) is 7.78. The van der Waals surface area contributed by atoms with E-state index in [2.05, 4.69) is 5.10 Å². The number of amides is 1. The summed E-state index contributed by atoms with van der Waals surface area (Å²) in [5.41, 5.74) is 0.912. The van der Waals surface area contributed by atoms with Crippen LogP contribution in [0.3, 0.4) is 0 Å². The van der Waals surface area contributed by atoms with Crippen LogP contribution < -0.4 is 0 Å². The molecule has 2 aromatic rings. The zero-order chi connectivity index (χ0) is 21.2. The van der Waals surface area contributed by atoms with Crippen LogP contribution >= 0.6 is 0 Å². The number of carboxylic acid groups (broad SMARTS) is 1. The molecule has 1 aliphatic heterocycles. The second-order valence-electron chi connectivity index (χ2n) is 7.78. The van der Waals surface area contributed by atoms with Crippen LogP contribution in [0, 0.1) is 25.1 Å². The average Bonchev–Trinajstić information content (AvgIpc) is 3.00. The standard InChI is InChI=1S/C21H26FN3O4/c1-14-11-15(2)25(23-14)10-8-19(27)24-9-7-18(26)21(13-24,20(28)29)12-16-3-5-17(22)6-4-16/h3-6,11,18,26H,7-10,12-13H2,1-2H3,(H,28,29)/t18-,21+/m0/s1. The fourth-order valence-corrected chi connectivity index (χ4v) is 3.98. The SMILES string of the molecule is Cc1cc(C)n(CCC(=O)N2CC[C@H](O)[C@](Cc3ccc(F)cc3)(C(=O)O)C2)n1. The molecule has 0 radical (unpaired) electrons. The van der Waals surface area contributed by atoms with Gasteiger partial charge in [0.05, 0.1) is 11.8 Å². The maximum absolute atomic E-state index is 13.2. The van der Waals surface area contributed by atoms with Crippen LogP contribution in [0.1, 0.15) is 29.8 Å². The number of carbonyl (C=O) groups excluding carboxylic acids is 1. The van der Waals surface area contributed by atoms with Crippen molar-refractivity contribution in [3.63, 3.8) is 0 Å². The summed E-state index contributed by atoms with van der Waals surface area (Å²) >= 11 is 0. The summed E-state index contributed by atoms with van der Waals surface area (Å²) in [4.78, 5) is 26.4. The van der Waals surface area contributed by atoms with Gasteiger partial charge in [0.25, 0.3) is 0 Å². The first-order valence-electron chi connectivity index (χ1n) is 9.66. The predicted molar refractivity (Wildman–Crippen MR) is 104 cm³/mol. The quantitative estimate of drug-likeness (QED) is 0.769. The molecular weight excluding hydrogens is 377 g/mol. The number of benzene rings is 1. The van der Waals surface area contributed by atoms with Crippen molar-refractivity contribution >= 4 is 11.9 Å². The van der Waals surface area contributed by atoms with Crippen LogP contribution in [-0.2, 0) is 22.6 Å². The van der Waals surface area contributed by atoms with Gasteiger partial charge < -0.3 is 15.1 Å². The summed E-state index contributed by atoms with van der Waals surface area (Å²) < 4.78 is 15.0. The number of aromatic nitrogens is 2. The third-order valence-electron chi connectivity index (χ3n) is 5.64. The summed E-state index contributed by atoms with van der Waals surface area (Å²) in [6.07, 6.45) is -0.695. The number of hydrogen-bond donors (Lipinski definition) is 2. The molecule has 0 saturated carbocycles. The lowest BCUT2D eigenvalue weighted by molar-refractivity contribution is -0.165. The van der Waals surface area contributed by atoms with E-state index in [1.807, 2.05) is 19.9 Å². The molecule has 3 rings (SSSR count). The highest BCUT2D eigenvalue weighted by atomic mass is 19.1. The largest absolute Gasteiger partial charge is 0.481 e. The van der Waals surface area contributed by atoms with Gasteiger partial charge in [-0.15, -0.1) is 0 Å². The van der Waals surface area contributed by atoms with Crippen LogP contribution in [0.15, 0.2) is 30.3 Å². The maximum Gasteiger partial charge on any atom is 0.314 e. The molecule has 1 amide bonds. The van der Waals surface area contributed by atoms with Gasteiger partial charge in [-0.05, 0) is 50.5 Å². The highest BCUT2D eigenvalue weighted by molar-refractivity contribution is 5.80. The molecule has 2 atom stereocenters. The lowest BCUT2D eigenvalue weighted by Gasteiger charge is -2.43. The number of aliphatic hydroxyl groups is 1. The molecule has 0 spiro atoms. The summed E-state index contributed by atoms with van der Waals surface area (Å²) in [5, 5.41) is 24.8. The molecule has 2 heterocycles. The monoisotopic (exact) mass is 403 g/mol. The maximum atomic E-state index is 13.2. The van der Waals surface area contributed by atoms with Gasteiger partial charge in [0.15, 0.2) is 0 Å². The lowest BCUT2D eigenvalue weighted by Crippen LogP contribution is -2.58. The Morgan fingerprint density at radius 3 is 2.55 bits per heavy atom. The molecule has 1 fully saturated rings. The van der Waals surface area contributed by atoms with E-state index in [0.29, 0.717) is 18.7 Å². The Morgan fingerprint density at radius 2 is 1.97 bits per heavy atom. The van der Waals surface area contributed by atoms with Gasteiger partial charge in [-0.2, -0.15) is 5.10 Å². The van der Waals surface area contributed by atoms with E-state index >= 15 is 0 Å². The van der Waals surface area contributed by atoms with Crippen LogP contribution in [0.5, 0.6) is 0 Å². The smallest absolute Gasteiger partial charge is 0.314 e. The normalized spacial score (nSPS) is 21.9. The number of aliphatic hydroxyl groups excluding tert-OH is 1. The Kier molecular flexibility index (Phi) is 6.02. The van der Waals surface area contributed by atoms with Gasteiger partial charge in [0.2, 0.25) is 5.91 Å². The van der Waals surface area contributed by atoms with Gasteiger partial charge >= 0.3 is 5.97 Å². The van der Waals surface area contributed by atoms with Gasteiger partial charge in [-0.3, -0.25) is 14.3 Å². The predicted octanol–water partition coefficient (Wildman–Crippen LogP) is 1.94. The van der Waals surface area contributed by atoms with Gasteiger partial charge in [-0.1, -0.05) is 12.1 Å². The Labute approximate surface area is 168 Å². The van der Waals surface area contributed by atoms with E-state index in [-0.39, 0.29) is 31.7 Å². The third-order valence-corrected chi connectivity index (χ3v) is 5.64. The highest BCUT2D eigenvalue weighted by Crippen LogP contribution is 2.35. The highest BCUT2D eigenvalue weighted by Gasteiger charge is 2.50. The first-order valence-corrected chi connectivity index (χ1v) is 9.66. The first kappa shape index (κ1) is 21.0. The minimum Gasteiger partial charge on any atom is -0.481 e. The molecule has 1 aromatic heterocycles. The molecule has 8 heteroatoms. The number of hydrogen-bond acceptors (Lipinski definition) is 4. The van der Waals surface area contributed by atoms with Crippen LogP contribution in [0.4, 0.5) is 4.39 Å². The van der Waals surface area contributed by atoms with Crippen molar-refractivity contribution in [2.45, 2.75) is 45.8 Å². The zero-order valence-corrected chi connectivity index (χ0v) is 16.6. The van der Waals surface area contributed by atoms with Crippen molar-refractivity contribution in [2.75, 3.05) is 13.1 Å². The fourth-order valence-electron chi connectivity index (χ4n) is 3.98. The van der Waals surface area contributed by atoms with Gasteiger partial charge in [-0.25, -0.2) is 4.39 Å². The summed E-state index contributed by atoms with van der Waals surface area (Å²) in [5.74, 6) is -1.75. The minimum atomic E-state index is -1.52. The van der Waals surface area contributed by atoms with Crippen molar-refractivity contribution in [2.24, 2.45) is 5.41 Å². The van der Waals surface area contributed by atoms with Gasteiger partial charge in [0.1, 0.15) is 11.2 Å². The summed E-state index contributed by atoms with van der Waals surface area (Å²) in [7, 11) is 0. The topological polar surface area (TPSA) is 95.7 Å². The number of piperidine rings is 1. The summed E-state index contributed by atoms with van der Waals surface area (Å²) in [6, 6.07) is 7.47.